The lowest BCUT2D eigenvalue weighted by Crippen LogP contribution is -1.89. The van der Waals surface area contributed by atoms with Crippen molar-refractivity contribution in [1.29, 1.82) is 0 Å². The average molecular weight is 186 g/mol. The molecule has 0 aromatic carbocycles. The van der Waals surface area contributed by atoms with Gasteiger partial charge >= 0.3 is 6.04 Å². The molecule has 0 unspecified atom stereocenters. The topological polar surface area (TPSA) is 17.1 Å². The van der Waals surface area contributed by atoms with Gasteiger partial charge in [0.2, 0.25) is 0 Å². The summed E-state index contributed by atoms with van der Waals surface area (Å²) in [6.07, 6.45) is 1.57. The van der Waals surface area contributed by atoms with Crippen molar-refractivity contribution in [3.8, 4) is 0 Å². The molecule has 0 aliphatic heterocycles. The van der Waals surface area contributed by atoms with Crippen LogP contribution in [0, 0.1) is 0 Å². The fourth-order valence-corrected chi connectivity index (χ4v) is 1.93. The molecule has 1 rings (SSSR count). The van der Waals surface area contributed by atoms with Crippen molar-refractivity contribution < 1.29 is 9.18 Å². The molecule has 0 saturated carbocycles. The number of carbonyl (C=O) groups excluding carboxylic acids is 1. The summed E-state index contributed by atoms with van der Waals surface area (Å²) >= 11 is 1.66. The second kappa shape index (κ2) is 4.36. The number of hydrogen-bond donors (Lipinski definition) is 0. The van der Waals surface area contributed by atoms with E-state index >= 15 is 0 Å². The standard InChI is InChI=1S/C9H11FOS/c1-2-7-3-4-8(12-7)5-6-9(10)11/h3-4H,2,5-6H2,1H3. The lowest BCUT2D eigenvalue weighted by atomic mass is 10.3. The number of carbonyl (C=O) groups is 1. The van der Waals surface area contributed by atoms with Gasteiger partial charge in [-0.25, -0.2) is 0 Å². The van der Waals surface area contributed by atoms with E-state index in [0.29, 0.717) is 6.42 Å². The number of hydrogen-bond acceptors (Lipinski definition) is 2. The van der Waals surface area contributed by atoms with Crippen molar-refractivity contribution >= 4 is 17.4 Å². The maximum atomic E-state index is 11.8. The van der Waals surface area contributed by atoms with E-state index in [1.54, 1.807) is 11.3 Å². The van der Waals surface area contributed by atoms with Gasteiger partial charge in [-0.15, -0.1) is 11.3 Å². The van der Waals surface area contributed by atoms with Gasteiger partial charge in [0.15, 0.2) is 0 Å². The van der Waals surface area contributed by atoms with Crippen molar-refractivity contribution in [3.05, 3.63) is 21.9 Å². The molecule has 0 atom stereocenters. The maximum Gasteiger partial charge on any atom is 0.301 e. The van der Waals surface area contributed by atoms with Gasteiger partial charge in [-0.2, -0.15) is 4.39 Å². The molecule has 1 aromatic heterocycles. The van der Waals surface area contributed by atoms with Crippen LogP contribution >= 0.6 is 11.3 Å². The van der Waals surface area contributed by atoms with E-state index in [9.17, 15) is 9.18 Å². The highest BCUT2D eigenvalue weighted by Gasteiger charge is 2.02. The molecule has 0 fully saturated rings. The van der Waals surface area contributed by atoms with Crippen LogP contribution in [0.15, 0.2) is 12.1 Å². The summed E-state index contributed by atoms with van der Waals surface area (Å²) < 4.78 is 11.8. The molecular weight excluding hydrogens is 175 g/mol. The van der Waals surface area contributed by atoms with Crippen molar-refractivity contribution in [2.45, 2.75) is 26.2 Å². The van der Waals surface area contributed by atoms with Gasteiger partial charge in [0.05, 0.1) is 0 Å². The van der Waals surface area contributed by atoms with Crippen LogP contribution in [0.4, 0.5) is 4.39 Å². The van der Waals surface area contributed by atoms with Crippen molar-refractivity contribution in [1.82, 2.24) is 0 Å². The smallest absolute Gasteiger partial charge is 0.261 e. The summed E-state index contributed by atoms with van der Waals surface area (Å²) in [6.45, 7) is 2.08. The Balaban J connectivity index is 2.47. The van der Waals surface area contributed by atoms with E-state index in [2.05, 4.69) is 6.92 Å². The van der Waals surface area contributed by atoms with Gasteiger partial charge in [0, 0.05) is 16.2 Å². The fraction of sp³-hybridized carbons (Fsp3) is 0.444. The summed E-state index contributed by atoms with van der Waals surface area (Å²) in [7, 11) is 0. The Bertz CT molecular complexity index is 267. The van der Waals surface area contributed by atoms with E-state index < -0.39 is 6.04 Å². The van der Waals surface area contributed by atoms with Crippen LogP contribution in [0.5, 0.6) is 0 Å². The predicted octanol–water partition coefficient (Wildman–Crippen LogP) is 2.74. The summed E-state index contributed by atoms with van der Waals surface area (Å²) in [5, 5.41) is 0. The number of halogens is 1. The number of thiophene rings is 1. The summed E-state index contributed by atoms with van der Waals surface area (Å²) in [5.74, 6) is 0. The van der Waals surface area contributed by atoms with Gasteiger partial charge in [-0.3, -0.25) is 4.79 Å². The Labute approximate surface area is 75.2 Å². The zero-order valence-corrected chi connectivity index (χ0v) is 7.79. The van der Waals surface area contributed by atoms with Crippen LogP contribution in [0.1, 0.15) is 23.1 Å². The van der Waals surface area contributed by atoms with Gasteiger partial charge in [-0.05, 0) is 25.0 Å². The quantitative estimate of drug-likeness (QED) is 0.661. The molecule has 1 heterocycles. The first-order chi connectivity index (χ1) is 5.72. The second-order valence-electron chi connectivity index (χ2n) is 2.58. The summed E-state index contributed by atoms with van der Waals surface area (Å²) in [6, 6.07) is 2.77. The monoisotopic (exact) mass is 186 g/mol. The molecule has 1 nitrogen and oxygen atoms in total. The van der Waals surface area contributed by atoms with Crippen LogP contribution < -0.4 is 0 Å². The zero-order chi connectivity index (χ0) is 8.97. The minimum absolute atomic E-state index is 0.0175. The second-order valence-corrected chi connectivity index (χ2v) is 3.83. The van der Waals surface area contributed by atoms with Crippen molar-refractivity contribution in [2.75, 3.05) is 0 Å². The lowest BCUT2D eigenvalue weighted by molar-refractivity contribution is -0.129. The van der Waals surface area contributed by atoms with E-state index in [0.717, 1.165) is 11.3 Å². The molecule has 12 heavy (non-hydrogen) atoms. The molecule has 0 amide bonds. The third-order valence-corrected chi connectivity index (χ3v) is 2.92. The highest BCUT2D eigenvalue weighted by Crippen LogP contribution is 2.18. The maximum absolute atomic E-state index is 11.8. The Morgan fingerprint density at radius 3 is 2.67 bits per heavy atom. The zero-order valence-electron chi connectivity index (χ0n) is 6.97. The number of rotatable bonds is 4. The lowest BCUT2D eigenvalue weighted by Gasteiger charge is -1.89. The molecule has 0 N–H and O–H groups in total. The van der Waals surface area contributed by atoms with Crippen LogP contribution in [0.25, 0.3) is 0 Å². The fourth-order valence-electron chi connectivity index (χ4n) is 0.968. The first kappa shape index (κ1) is 9.39. The van der Waals surface area contributed by atoms with E-state index in [1.807, 2.05) is 12.1 Å². The molecule has 0 spiro atoms. The molecule has 0 aliphatic carbocycles. The highest BCUT2D eigenvalue weighted by molar-refractivity contribution is 7.11. The van der Waals surface area contributed by atoms with Crippen LogP contribution in [0.3, 0.4) is 0 Å². The molecule has 0 aliphatic rings. The molecule has 1 aromatic rings. The van der Waals surface area contributed by atoms with Crippen LogP contribution in [-0.4, -0.2) is 6.04 Å². The molecule has 66 valence electrons. The molecule has 0 radical (unpaired) electrons. The van der Waals surface area contributed by atoms with Gasteiger partial charge in [-0.1, -0.05) is 6.92 Å². The first-order valence-electron chi connectivity index (χ1n) is 3.98. The van der Waals surface area contributed by atoms with Gasteiger partial charge in [0.1, 0.15) is 0 Å². The Morgan fingerprint density at radius 1 is 1.50 bits per heavy atom. The summed E-state index contributed by atoms with van der Waals surface area (Å²) in [4.78, 5) is 12.4. The van der Waals surface area contributed by atoms with E-state index in [4.69, 9.17) is 0 Å². The number of aryl methyl sites for hydroxylation is 2. The minimum atomic E-state index is -1.22. The molecule has 0 bridgehead atoms. The minimum Gasteiger partial charge on any atom is -0.261 e. The third-order valence-electron chi connectivity index (χ3n) is 1.63. The Morgan fingerprint density at radius 2 is 2.17 bits per heavy atom. The molecule has 3 heteroatoms. The SMILES string of the molecule is CCc1ccc(CCC(=O)F)s1. The summed E-state index contributed by atoms with van der Waals surface area (Å²) in [5.41, 5.74) is 0. The largest absolute Gasteiger partial charge is 0.301 e. The van der Waals surface area contributed by atoms with E-state index in [1.165, 1.54) is 4.88 Å². The first-order valence-corrected chi connectivity index (χ1v) is 4.80. The van der Waals surface area contributed by atoms with Crippen LogP contribution in [-0.2, 0) is 17.6 Å². The average Bonchev–Trinajstić information content (AvgIpc) is 2.48. The van der Waals surface area contributed by atoms with Crippen LogP contribution in [0.2, 0.25) is 0 Å². The van der Waals surface area contributed by atoms with Gasteiger partial charge < -0.3 is 0 Å². The highest BCUT2D eigenvalue weighted by atomic mass is 32.1. The molecule has 0 saturated heterocycles. The molecular formula is C9H11FOS. The van der Waals surface area contributed by atoms with Gasteiger partial charge in [0.25, 0.3) is 0 Å². The van der Waals surface area contributed by atoms with Crippen molar-refractivity contribution in [3.63, 3.8) is 0 Å². The Hall–Kier alpha value is -0.700. The van der Waals surface area contributed by atoms with Crippen molar-refractivity contribution in [2.24, 2.45) is 0 Å². The normalized spacial score (nSPS) is 10.2. The Kier molecular flexibility index (Phi) is 3.41. The van der Waals surface area contributed by atoms with E-state index in [-0.39, 0.29) is 6.42 Å². The third kappa shape index (κ3) is 2.74. The predicted molar refractivity (Wildman–Crippen MR) is 48.1 cm³/mol.